The molecule has 1 aliphatic carbocycles. The first-order chi connectivity index (χ1) is 16.0. The number of fused-ring (bicyclic) bond motifs is 3. The van der Waals surface area contributed by atoms with Crippen LogP contribution in [0.5, 0.6) is 0 Å². The Balaban J connectivity index is 1.29. The minimum atomic E-state index is -0.133. The van der Waals surface area contributed by atoms with Crippen LogP contribution in [0.15, 0.2) is 42.5 Å². The van der Waals surface area contributed by atoms with Gasteiger partial charge >= 0.3 is 0 Å². The fraction of sp³-hybridized carbons (Fsp3) is 0.400. The number of carbonyl (C=O) groups is 1. The molecule has 1 fully saturated rings. The van der Waals surface area contributed by atoms with Gasteiger partial charge in [-0.15, -0.1) is 5.10 Å². The van der Waals surface area contributed by atoms with Crippen LogP contribution < -0.4 is 11.1 Å². The van der Waals surface area contributed by atoms with Crippen molar-refractivity contribution in [2.45, 2.75) is 38.6 Å². The second-order valence-electron chi connectivity index (χ2n) is 8.78. The Bertz CT molecular complexity index is 1280. The number of nitrogens with zero attached hydrogens (tertiary/aromatic N) is 4. The van der Waals surface area contributed by atoms with Crippen LogP contribution in [0.4, 0.5) is 0 Å². The van der Waals surface area contributed by atoms with Crippen molar-refractivity contribution in [2.75, 3.05) is 26.2 Å². The Morgan fingerprint density at radius 3 is 2.64 bits per heavy atom. The van der Waals surface area contributed by atoms with Gasteiger partial charge in [-0.1, -0.05) is 49.4 Å². The molecular weight excluding hydrogens is 432 g/mol. The number of thiazole rings is 1. The second kappa shape index (κ2) is 8.85. The summed E-state index contributed by atoms with van der Waals surface area (Å²) >= 11 is 1.55. The molecule has 2 heterocycles. The van der Waals surface area contributed by atoms with Gasteiger partial charge in [0.2, 0.25) is 4.96 Å². The average molecular weight is 463 g/mol. The van der Waals surface area contributed by atoms with E-state index in [1.165, 1.54) is 5.56 Å². The third-order valence-corrected chi connectivity index (χ3v) is 7.56. The molecule has 8 heteroatoms. The number of hydrogen-bond acceptors (Lipinski definition) is 6. The molecule has 0 unspecified atom stereocenters. The zero-order valence-corrected chi connectivity index (χ0v) is 20.0. The highest BCUT2D eigenvalue weighted by molar-refractivity contribution is 7.23. The molecule has 2 aromatic heterocycles. The minimum Gasteiger partial charge on any atom is -0.352 e. The SMILES string of the molecule is CCN(CC)CCCNC(=O)c1ccc2c(c1)sc1nc(-c3ccc(C4(N)CC4)cc3)nn12. The third kappa shape index (κ3) is 4.38. The van der Waals surface area contributed by atoms with Crippen LogP contribution in [0.2, 0.25) is 0 Å². The van der Waals surface area contributed by atoms with Gasteiger partial charge in [-0.3, -0.25) is 4.79 Å². The zero-order valence-electron chi connectivity index (χ0n) is 19.2. The van der Waals surface area contributed by atoms with Crippen molar-refractivity contribution >= 4 is 32.4 Å². The van der Waals surface area contributed by atoms with Crippen molar-refractivity contribution in [3.8, 4) is 11.4 Å². The van der Waals surface area contributed by atoms with Gasteiger partial charge < -0.3 is 16.0 Å². The second-order valence-corrected chi connectivity index (χ2v) is 9.79. The average Bonchev–Trinajstić information content (AvgIpc) is 3.31. The molecular formula is C25H30N6OS. The van der Waals surface area contributed by atoms with Crippen LogP contribution in [-0.4, -0.2) is 51.6 Å². The smallest absolute Gasteiger partial charge is 0.251 e. The number of nitrogens with one attached hydrogen (secondary N) is 1. The quantitative estimate of drug-likeness (QED) is 0.367. The molecule has 1 amide bonds. The van der Waals surface area contributed by atoms with Crippen molar-refractivity contribution in [1.29, 1.82) is 0 Å². The molecule has 0 atom stereocenters. The van der Waals surface area contributed by atoms with E-state index in [1.807, 2.05) is 34.8 Å². The Morgan fingerprint density at radius 1 is 1.18 bits per heavy atom. The van der Waals surface area contributed by atoms with Crippen LogP contribution in [0, 0.1) is 0 Å². The van der Waals surface area contributed by atoms with Crippen molar-refractivity contribution in [2.24, 2.45) is 5.73 Å². The summed E-state index contributed by atoms with van der Waals surface area (Å²) in [6.07, 6.45) is 3.04. The number of hydrogen-bond donors (Lipinski definition) is 2. The van der Waals surface area contributed by atoms with Crippen molar-refractivity contribution in [3.05, 3.63) is 53.6 Å². The maximum Gasteiger partial charge on any atom is 0.251 e. The standard InChI is InChI=1S/C25H30N6OS/c1-3-30(4-2)15-5-14-27-23(32)18-8-11-20-21(16-18)33-24-28-22(29-31(20)24)17-6-9-19(10-7-17)25(26)12-13-25/h6-11,16H,3-5,12-15,26H2,1-2H3,(H,27,32). The van der Waals surface area contributed by atoms with Crippen LogP contribution >= 0.6 is 11.3 Å². The molecule has 0 aliphatic heterocycles. The Labute approximate surface area is 197 Å². The van der Waals surface area contributed by atoms with E-state index in [9.17, 15) is 4.79 Å². The Morgan fingerprint density at radius 2 is 1.94 bits per heavy atom. The van der Waals surface area contributed by atoms with Gasteiger partial charge in [0.15, 0.2) is 5.82 Å². The fourth-order valence-corrected chi connectivity index (χ4v) is 5.17. The van der Waals surface area contributed by atoms with E-state index in [4.69, 9.17) is 15.8 Å². The molecule has 0 radical (unpaired) electrons. The first kappa shape index (κ1) is 22.0. The first-order valence-corrected chi connectivity index (χ1v) is 12.5. The summed E-state index contributed by atoms with van der Waals surface area (Å²) in [5, 5.41) is 7.76. The van der Waals surface area contributed by atoms with E-state index < -0.39 is 0 Å². The molecule has 172 valence electrons. The van der Waals surface area contributed by atoms with E-state index in [-0.39, 0.29) is 11.4 Å². The monoisotopic (exact) mass is 462 g/mol. The lowest BCUT2D eigenvalue weighted by molar-refractivity contribution is 0.0952. The van der Waals surface area contributed by atoms with Gasteiger partial charge in [-0.05, 0) is 62.7 Å². The van der Waals surface area contributed by atoms with Gasteiger partial charge in [0.25, 0.3) is 5.91 Å². The zero-order chi connectivity index (χ0) is 23.0. The molecule has 3 N–H and O–H groups in total. The molecule has 0 saturated heterocycles. The maximum absolute atomic E-state index is 12.6. The Kier molecular flexibility index (Phi) is 5.90. The summed E-state index contributed by atoms with van der Waals surface area (Å²) in [4.78, 5) is 20.5. The van der Waals surface area contributed by atoms with E-state index in [2.05, 4.69) is 36.2 Å². The van der Waals surface area contributed by atoms with Crippen molar-refractivity contribution in [3.63, 3.8) is 0 Å². The lowest BCUT2D eigenvalue weighted by atomic mass is 10.0. The summed E-state index contributed by atoms with van der Waals surface area (Å²) in [5.41, 5.74) is 9.94. The van der Waals surface area contributed by atoms with Gasteiger partial charge in [-0.25, -0.2) is 4.52 Å². The van der Waals surface area contributed by atoms with E-state index in [1.54, 1.807) is 11.3 Å². The first-order valence-electron chi connectivity index (χ1n) is 11.7. The molecule has 1 saturated carbocycles. The predicted molar refractivity (Wildman–Crippen MR) is 134 cm³/mol. The molecule has 7 nitrogen and oxygen atoms in total. The molecule has 0 bridgehead atoms. The normalized spacial score (nSPS) is 14.9. The van der Waals surface area contributed by atoms with Crippen LogP contribution in [0.1, 0.15) is 49.0 Å². The predicted octanol–water partition coefficient (Wildman–Crippen LogP) is 4.02. The topological polar surface area (TPSA) is 88.5 Å². The largest absolute Gasteiger partial charge is 0.352 e. The molecule has 0 spiro atoms. The van der Waals surface area contributed by atoms with E-state index >= 15 is 0 Å². The molecule has 1 aliphatic rings. The van der Waals surface area contributed by atoms with Crippen LogP contribution in [-0.2, 0) is 5.54 Å². The molecule has 2 aromatic carbocycles. The van der Waals surface area contributed by atoms with Gasteiger partial charge in [0.1, 0.15) is 0 Å². The highest BCUT2D eigenvalue weighted by Gasteiger charge is 2.39. The summed E-state index contributed by atoms with van der Waals surface area (Å²) in [6, 6.07) is 14.0. The van der Waals surface area contributed by atoms with E-state index in [0.717, 1.165) is 59.6 Å². The number of rotatable bonds is 9. The van der Waals surface area contributed by atoms with Gasteiger partial charge in [0.05, 0.1) is 10.2 Å². The van der Waals surface area contributed by atoms with E-state index in [0.29, 0.717) is 17.9 Å². The summed E-state index contributed by atoms with van der Waals surface area (Å²) in [7, 11) is 0. The molecule has 33 heavy (non-hydrogen) atoms. The summed E-state index contributed by atoms with van der Waals surface area (Å²) < 4.78 is 2.86. The highest BCUT2D eigenvalue weighted by Crippen LogP contribution is 2.42. The molecule has 4 aromatic rings. The lowest BCUT2D eigenvalue weighted by Crippen LogP contribution is -2.29. The number of aromatic nitrogens is 3. The third-order valence-electron chi connectivity index (χ3n) is 6.57. The number of amides is 1. The number of benzene rings is 2. The fourth-order valence-electron chi connectivity index (χ4n) is 4.17. The number of carbonyl (C=O) groups excluding carboxylic acids is 1. The minimum absolute atomic E-state index is 0.0374. The highest BCUT2D eigenvalue weighted by atomic mass is 32.1. The number of nitrogens with two attached hydrogens (primary N) is 1. The van der Waals surface area contributed by atoms with Gasteiger partial charge in [-0.2, -0.15) is 4.98 Å². The summed E-state index contributed by atoms with van der Waals surface area (Å²) in [5.74, 6) is 0.663. The lowest BCUT2D eigenvalue weighted by Gasteiger charge is -2.17. The Hall–Kier alpha value is -2.81. The van der Waals surface area contributed by atoms with Crippen molar-refractivity contribution < 1.29 is 4.79 Å². The summed E-state index contributed by atoms with van der Waals surface area (Å²) in [6.45, 7) is 8.07. The van der Waals surface area contributed by atoms with Crippen LogP contribution in [0.3, 0.4) is 0 Å². The van der Waals surface area contributed by atoms with Crippen molar-refractivity contribution in [1.82, 2.24) is 24.8 Å². The van der Waals surface area contributed by atoms with Crippen LogP contribution in [0.25, 0.3) is 26.6 Å². The maximum atomic E-state index is 12.6. The molecule has 5 rings (SSSR count). The van der Waals surface area contributed by atoms with Gasteiger partial charge in [0, 0.05) is 23.2 Å².